The van der Waals surface area contributed by atoms with Crippen LogP contribution in [0.5, 0.6) is 0 Å². The average Bonchev–Trinajstić information content (AvgIpc) is 2.29. The Bertz CT molecular complexity index is 398. The van der Waals surface area contributed by atoms with E-state index in [0.29, 0.717) is 11.0 Å². The zero-order valence-electron chi connectivity index (χ0n) is 9.89. The van der Waals surface area contributed by atoms with E-state index >= 15 is 0 Å². The SMILES string of the molecule is CCNCC(C)C(=O)Nc1ccc(Br)cc1F. The van der Waals surface area contributed by atoms with E-state index in [1.54, 1.807) is 13.0 Å². The molecule has 5 heteroatoms. The second-order valence-electron chi connectivity index (χ2n) is 3.82. The summed E-state index contributed by atoms with van der Waals surface area (Å²) in [6.45, 7) is 5.17. The Labute approximate surface area is 109 Å². The van der Waals surface area contributed by atoms with Gasteiger partial charge >= 0.3 is 0 Å². The topological polar surface area (TPSA) is 41.1 Å². The van der Waals surface area contributed by atoms with Crippen LogP contribution < -0.4 is 10.6 Å². The molecule has 1 amide bonds. The van der Waals surface area contributed by atoms with Crippen LogP contribution in [0.4, 0.5) is 10.1 Å². The van der Waals surface area contributed by atoms with Crippen molar-refractivity contribution in [2.75, 3.05) is 18.4 Å². The molecule has 0 saturated heterocycles. The molecule has 94 valence electrons. The standard InChI is InChI=1S/C12H16BrFN2O/c1-3-15-7-8(2)12(17)16-11-5-4-9(13)6-10(11)14/h4-6,8,15H,3,7H2,1-2H3,(H,16,17). The lowest BCUT2D eigenvalue weighted by atomic mass is 10.1. The molecule has 1 aromatic carbocycles. The van der Waals surface area contributed by atoms with Gasteiger partial charge in [-0.2, -0.15) is 0 Å². The maximum atomic E-state index is 13.5. The van der Waals surface area contributed by atoms with Crippen LogP contribution >= 0.6 is 15.9 Å². The van der Waals surface area contributed by atoms with Crippen LogP contribution in [0.2, 0.25) is 0 Å². The van der Waals surface area contributed by atoms with E-state index in [9.17, 15) is 9.18 Å². The number of hydrogen-bond donors (Lipinski definition) is 2. The van der Waals surface area contributed by atoms with Crippen molar-refractivity contribution in [3.8, 4) is 0 Å². The fourth-order valence-corrected chi connectivity index (χ4v) is 1.63. The van der Waals surface area contributed by atoms with E-state index in [1.165, 1.54) is 12.1 Å². The number of benzene rings is 1. The maximum absolute atomic E-state index is 13.5. The first kappa shape index (κ1) is 14.1. The third-order valence-corrected chi connectivity index (χ3v) is 2.83. The summed E-state index contributed by atoms with van der Waals surface area (Å²) >= 11 is 3.16. The summed E-state index contributed by atoms with van der Waals surface area (Å²) in [5, 5.41) is 5.65. The summed E-state index contributed by atoms with van der Waals surface area (Å²) in [5.41, 5.74) is 0.210. The van der Waals surface area contributed by atoms with Crippen LogP contribution in [0.15, 0.2) is 22.7 Å². The molecule has 1 unspecified atom stereocenters. The molecule has 1 atom stereocenters. The van der Waals surface area contributed by atoms with Crippen LogP contribution in [-0.4, -0.2) is 19.0 Å². The van der Waals surface area contributed by atoms with Gasteiger partial charge in [-0.15, -0.1) is 0 Å². The van der Waals surface area contributed by atoms with Gasteiger partial charge in [0.25, 0.3) is 0 Å². The summed E-state index contributed by atoms with van der Waals surface area (Å²) in [6.07, 6.45) is 0. The minimum absolute atomic E-state index is 0.188. The predicted octanol–water partition coefficient (Wildman–Crippen LogP) is 2.77. The highest BCUT2D eigenvalue weighted by atomic mass is 79.9. The Hall–Kier alpha value is -0.940. The quantitative estimate of drug-likeness (QED) is 0.878. The summed E-state index contributed by atoms with van der Waals surface area (Å²) < 4.78 is 14.1. The van der Waals surface area contributed by atoms with E-state index in [-0.39, 0.29) is 17.5 Å². The molecule has 0 bridgehead atoms. The Balaban J connectivity index is 2.61. The Morgan fingerprint density at radius 1 is 1.53 bits per heavy atom. The lowest BCUT2D eigenvalue weighted by molar-refractivity contribution is -0.119. The summed E-state index contributed by atoms with van der Waals surface area (Å²) in [7, 11) is 0. The lowest BCUT2D eigenvalue weighted by Crippen LogP contribution is -2.30. The van der Waals surface area contributed by atoms with Crippen LogP contribution in [0.3, 0.4) is 0 Å². The van der Waals surface area contributed by atoms with E-state index in [4.69, 9.17) is 0 Å². The summed E-state index contributed by atoms with van der Waals surface area (Å²) in [4.78, 5) is 11.7. The molecule has 1 rings (SSSR count). The first-order valence-corrected chi connectivity index (χ1v) is 6.30. The van der Waals surface area contributed by atoms with Crippen LogP contribution in [0.1, 0.15) is 13.8 Å². The minimum Gasteiger partial charge on any atom is -0.323 e. The highest BCUT2D eigenvalue weighted by molar-refractivity contribution is 9.10. The van der Waals surface area contributed by atoms with Gasteiger partial charge in [0.05, 0.1) is 5.69 Å². The van der Waals surface area contributed by atoms with Gasteiger partial charge in [-0.25, -0.2) is 4.39 Å². The van der Waals surface area contributed by atoms with Crippen molar-refractivity contribution < 1.29 is 9.18 Å². The fourth-order valence-electron chi connectivity index (χ4n) is 1.30. The van der Waals surface area contributed by atoms with Gasteiger partial charge in [-0.05, 0) is 24.7 Å². The first-order valence-electron chi connectivity index (χ1n) is 5.51. The third-order valence-electron chi connectivity index (χ3n) is 2.34. The third kappa shape index (κ3) is 4.44. The molecule has 2 N–H and O–H groups in total. The van der Waals surface area contributed by atoms with Crippen molar-refractivity contribution in [3.05, 3.63) is 28.5 Å². The lowest BCUT2D eigenvalue weighted by Gasteiger charge is -2.13. The second-order valence-corrected chi connectivity index (χ2v) is 4.74. The number of nitrogens with one attached hydrogen (secondary N) is 2. The number of carbonyl (C=O) groups is 1. The molecule has 0 spiro atoms. The van der Waals surface area contributed by atoms with E-state index < -0.39 is 5.82 Å². The van der Waals surface area contributed by atoms with Gasteiger partial charge in [-0.3, -0.25) is 4.79 Å². The first-order chi connectivity index (χ1) is 8.04. The van der Waals surface area contributed by atoms with E-state index in [1.807, 2.05) is 6.92 Å². The van der Waals surface area contributed by atoms with E-state index in [0.717, 1.165) is 6.54 Å². The van der Waals surface area contributed by atoms with Crippen molar-refractivity contribution in [1.29, 1.82) is 0 Å². The normalized spacial score (nSPS) is 12.2. The van der Waals surface area contributed by atoms with Gasteiger partial charge in [-0.1, -0.05) is 29.8 Å². The maximum Gasteiger partial charge on any atom is 0.228 e. The van der Waals surface area contributed by atoms with Crippen LogP contribution in [0, 0.1) is 11.7 Å². The molecule has 0 aliphatic rings. The van der Waals surface area contributed by atoms with Gasteiger partial charge in [0.1, 0.15) is 5.82 Å². The Kier molecular flexibility index (Phi) is 5.58. The monoisotopic (exact) mass is 302 g/mol. The van der Waals surface area contributed by atoms with Gasteiger partial charge in [0.2, 0.25) is 5.91 Å². The number of anilines is 1. The zero-order valence-corrected chi connectivity index (χ0v) is 11.5. The molecule has 0 aromatic heterocycles. The molecule has 0 aliphatic heterocycles. The molecular weight excluding hydrogens is 287 g/mol. The number of amides is 1. The molecule has 0 saturated carbocycles. The molecular formula is C12H16BrFN2O. The Morgan fingerprint density at radius 3 is 2.82 bits per heavy atom. The largest absolute Gasteiger partial charge is 0.323 e. The number of carbonyl (C=O) groups excluding carboxylic acids is 1. The van der Waals surface area contributed by atoms with Crippen molar-refractivity contribution in [3.63, 3.8) is 0 Å². The minimum atomic E-state index is -0.441. The number of rotatable bonds is 5. The molecule has 0 radical (unpaired) electrons. The smallest absolute Gasteiger partial charge is 0.228 e. The van der Waals surface area contributed by atoms with Crippen molar-refractivity contribution in [1.82, 2.24) is 5.32 Å². The molecule has 1 aromatic rings. The average molecular weight is 303 g/mol. The van der Waals surface area contributed by atoms with Crippen molar-refractivity contribution in [2.45, 2.75) is 13.8 Å². The van der Waals surface area contributed by atoms with E-state index in [2.05, 4.69) is 26.6 Å². The van der Waals surface area contributed by atoms with Gasteiger partial charge in [0, 0.05) is 16.9 Å². The zero-order chi connectivity index (χ0) is 12.8. The summed E-state index contributed by atoms with van der Waals surface area (Å²) in [5.74, 6) is -0.825. The van der Waals surface area contributed by atoms with Crippen LogP contribution in [0.25, 0.3) is 0 Å². The van der Waals surface area contributed by atoms with Crippen LogP contribution in [-0.2, 0) is 4.79 Å². The molecule has 0 aliphatic carbocycles. The molecule has 0 heterocycles. The van der Waals surface area contributed by atoms with Gasteiger partial charge < -0.3 is 10.6 Å². The highest BCUT2D eigenvalue weighted by Crippen LogP contribution is 2.19. The predicted molar refractivity (Wildman–Crippen MR) is 70.4 cm³/mol. The van der Waals surface area contributed by atoms with Crippen molar-refractivity contribution in [2.24, 2.45) is 5.92 Å². The molecule has 17 heavy (non-hydrogen) atoms. The van der Waals surface area contributed by atoms with Crippen molar-refractivity contribution >= 4 is 27.5 Å². The molecule has 0 fully saturated rings. The Morgan fingerprint density at radius 2 is 2.24 bits per heavy atom. The highest BCUT2D eigenvalue weighted by Gasteiger charge is 2.14. The number of halogens is 2. The number of hydrogen-bond acceptors (Lipinski definition) is 2. The second kappa shape index (κ2) is 6.71. The summed E-state index contributed by atoms with van der Waals surface area (Å²) in [6, 6.07) is 4.55. The molecule has 3 nitrogen and oxygen atoms in total. The fraction of sp³-hybridized carbons (Fsp3) is 0.417. The van der Waals surface area contributed by atoms with Gasteiger partial charge in [0.15, 0.2) is 0 Å².